The zero-order valence-electron chi connectivity index (χ0n) is 7.05. The van der Waals surface area contributed by atoms with Gasteiger partial charge in [0.25, 0.3) is 0 Å². The van der Waals surface area contributed by atoms with Crippen molar-refractivity contribution in [2.75, 3.05) is 0 Å². The lowest BCUT2D eigenvalue weighted by Gasteiger charge is -2.54. The zero-order chi connectivity index (χ0) is 8.29. The fourth-order valence-electron chi connectivity index (χ4n) is 3.77. The molecule has 68 valence electrons. The molecule has 12 heavy (non-hydrogen) atoms. The van der Waals surface area contributed by atoms with E-state index < -0.39 is 6.17 Å². The van der Waals surface area contributed by atoms with E-state index in [9.17, 15) is 4.39 Å². The van der Waals surface area contributed by atoms with Gasteiger partial charge in [-0.05, 0) is 43.4 Å². The van der Waals surface area contributed by atoms with Crippen LogP contribution in [0, 0.1) is 23.7 Å². The Balaban J connectivity index is 1.93. The highest BCUT2D eigenvalue weighted by Crippen LogP contribution is 2.56. The van der Waals surface area contributed by atoms with E-state index in [1.807, 2.05) is 0 Å². The van der Waals surface area contributed by atoms with E-state index in [2.05, 4.69) is 0 Å². The topological polar surface area (TPSA) is 0 Å². The number of hydrogen-bond donors (Lipinski definition) is 0. The van der Waals surface area contributed by atoms with Crippen LogP contribution in [-0.2, 0) is 0 Å². The summed E-state index contributed by atoms with van der Waals surface area (Å²) in [6.07, 6.45) is 4.01. The summed E-state index contributed by atoms with van der Waals surface area (Å²) < 4.78 is 13.7. The van der Waals surface area contributed by atoms with Gasteiger partial charge in [-0.15, -0.1) is 11.6 Å². The largest absolute Gasteiger partial charge is 0.247 e. The summed E-state index contributed by atoms with van der Waals surface area (Å²) in [4.78, 5) is 0. The fraction of sp³-hybridized carbons (Fsp3) is 1.00. The molecule has 0 spiro atoms. The van der Waals surface area contributed by atoms with Crippen LogP contribution in [-0.4, -0.2) is 11.5 Å². The second-order valence-corrected chi connectivity index (χ2v) is 5.39. The van der Waals surface area contributed by atoms with E-state index in [-0.39, 0.29) is 11.3 Å². The summed E-state index contributed by atoms with van der Waals surface area (Å²) in [5.74, 6) is 2.06. The Labute approximate surface area is 77.5 Å². The number of rotatable bonds is 0. The van der Waals surface area contributed by atoms with Gasteiger partial charge in [-0.25, -0.2) is 4.39 Å². The van der Waals surface area contributed by atoms with Gasteiger partial charge in [-0.2, -0.15) is 0 Å². The van der Waals surface area contributed by atoms with Gasteiger partial charge in [0.15, 0.2) is 0 Å². The molecule has 0 aromatic heterocycles. The predicted molar refractivity (Wildman–Crippen MR) is 47.0 cm³/mol. The van der Waals surface area contributed by atoms with Gasteiger partial charge in [0.1, 0.15) is 6.17 Å². The van der Waals surface area contributed by atoms with Crippen LogP contribution in [0.3, 0.4) is 0 Å². The molecule has 0 N–H and O–H groups in total. The first-order chi connectivity index (χ1) is 5.75. The van der Waals surface area contributed by atoms with E-state index in [1.165, 1.54) is 6.42 Å². The Morgan fingerprint density at radius 1 is 1.00 bits per heavy atom. The molecule has 0 aliphatic heterocycles. The normalized spacial score (nSPS) is 62.5. The predicted octanol–water partition coefficient (Wildman–Crippen LogP) is 3.00. The molecule has 2 heteroatoms. The van der Waals surface area contributed by atoms with Crippen LogP contribution in [0.25, 0.3) is 0 Å². The second-order valence-electron chi connectivity index (χ2n) is 4.88. The van der Waals surface area contributed by atoms with Crippen LogP contribution in [0.5, 0.6) is 0 Å². The van der Waals surface area contributed by atoms with Gasteiger partial charge < -0.3 is 0 Å². The molecule has 0 amide bonds. The van der Waals surface area contributed by atoms with Crippen molar-refractivity contribution in [2.24, 2.45) is 23.7 Å². The minimum absolute atomic E-state index is 0.160. The van der Waals surface area contributed by atoms with E-state index in [0.717, 1.165) is 25.2 Å². The van der Waals surface area contributed by atoms with Gasteiger partial charge in [-0.3, -0.25) is 0 Å². The molecule has 4 rings (SSSR count). The summed E-state index contributed by atoms with van der Waals surface area (Å²) in [5.41, 5.74) is 0. The standard InChI is InChI=1S/C10H14ClF/c11-9-6-1-5-2-7(4-6)10(12)8(9)3-5/h5-10H,1-4H2. The number of alkyl halides is 2. The van der Waals surface area contributed by atoms with Crippen LogP contribution in [0.15, 0.2) is 0 Å². The molecule has 0 nitrogen and oxygen atoms in total. The quantitative estimate of drug-likeness (QED) is 0.513. The van der Waals surface area contributed by atoms with Crippen molar-refractivity contribution in [3.63, 3.8) is 0 Å². The smallest absolute Gasteiger partial charge is 0.107 e. The fourth-order valence-corrected chi connectivity index (χ4v) is 4.21. The Morgan fingerprint density at radius 3 is 2.58 bits per heavy atom. The number of hydrogen-bond acceptors (Lipinski definition) is 0. The zero-order valence-corrected chi connectivity index (χ0v) is 7.80. The Morgan fingerprint density at radius 2 is 1.75 bits per heavy atom. The van der Waals surface area contributed by atoms with Crippen molar-refractivity contribution in [3.05, 3.63) is 0 Å². The third-order valence-corrected chi connectivity index (χ3v) is 4.88. The van der Waals surface area contributed by atoms with E-state index >= 15 is 0 Å². The molecule has 0 saturated heterocycles. The molecule has 6 unspecified atom stereocenters. The summed E-state index contributed by atoms with van der Waals surface area (Å²) in [6.45, 7) is 0. The maximum Gasteiger partial charge on any atom is 0.107 e. The van der Waals surface area contributed by atoms with Crippen molar-refractivity contribution >= 4 is 11.6 Å². The van der Waals surface area contributed by atoms with Crippen molar-refractivity contribution in [1.29, 1.82) is 0 Å². The van der Waals surface area contributed by atoms with Crippen LogP contribution in [0.1, 0.15) is 25.7 Å². The molecule has 6 atom stereocenters. The number of halogens is 2. The second kappa shape index (κ2) is 2.37. The average Bonchev–Trinajstić information content (AvgIpc) is 2.07. The summed E-state index contributed by atoms with van der Waals surface area (Å²) in [6, 6.07) is 0. The highest BCUT2D eigenvalue weighted by molar-refractivity contribution is 6.21. The highest BCUT2D eigenvalue weighted by Gasteiger charge is 2.53. The molecule has 4 aliphatic rings. The highest BCUT2D eigenvalue weighted by atomic mass is 35.5. The maximum atomic E-state index is 13.7. The van der Waals surface area contributed by atoms with Gasteiger partial charge in [0.2, 0.25) is 0 Å². The third-order valence-electron chi connectivity index (χ3n) is 4.20. The molecular weight excluding hydrogens is 175 g/mol. The van der Waals surface area contributed by atoms with Gasteiger partial charge in [-0.1, -0.05) is 0 Å². The van der Waals surface area contributed by atoms with Crippen molar-refractivity contribution in [1.82, 2.24) is 0 Å². The molecule has 0 aromatic rings. The molecule has 4 bridgehead atoms. The Bertz CT molecular complexity index is 188. The maximum absolute atomic E-state index is 13.7. The first kappa shape index (κ1) is 7.61. The van der Waals surface area contributed by atoms with E-state index in [1.54, 1.807) is 0 Å². The van der Waals surface area contributed by atoms with Crippen molar-refractivity contribution in [2.45, 2.75) is 37.2 Å². The van der Waals surface area contributed by atoms with Gasteiger partial charge in [0, 0.05) is 11.3 Å². The lowest BCUT2D eigenvalue weighted by Crippen LogP contribution is -2.52. The van der Waals surface area contributed by atoms with Crippen LogP contribution in [0.4, 0.5) is 4.39 Å². The molecule has 4 saturated carbocycles. The summed E-state index contributed by atoms with van der Waals surface area (Å²) in [5, 5.41) is 0.160. The molecular formula is C10H14ClF. The minimum Gasteiger partial charge on any atom is -0.247 e. The average molecular weight is 189 g/mol. The summed E-state index contributed by atoms with van der Waals surface area (Å²) in [7, 11) is 0. The van der Waals surface area contributed by atoms with Crippen molar-refractivity contribution in [3.8, 4) is 0 Å². The van der Waals surface area contributed by atoms with E-state index in [4.69, 9.17) is 11.6 Å². The lowest BCUT2D eigenvalue weighted by molar-refractivity contribution is -0.0481. The minimum atomic E-state index is -0.569. The molecule has 0 radical (unpaired) electrons. The van der Waals surface area contributed by atoms with Crippen LogP contribution >= 0.6 is 11.6 Å². The van der Waals surface area contributed by atoms with Gasteiger partial charge >= 0.3 is 0 Å². The van der Waals surface area contributed by atoms with E-state index in [0.29, 0.717) is 11.8 Å². The van der Waals surface area contributed by atoms with Crippen LogP contribution < -0.4 is 0 Å². The van der Waals surface area contributed by atoms with Crippen LogP contribution in [0.2, 0.25) is 0 Å². The molecule has 0 aromatic carbocycles. The molecule has 4 aliphatic carbocycles. The Kier molecular flexibility index (Phi) is 1.50. The first-order valence-electron chi connectivity index (χ1n) is 5.04. The molecule has 4 fully saturated rings. The molecule has 0 heterocycles. The Hall–Kier alpha value is 0.220. The first-order valence-corrected chi connectivity index (χ1v) is 5.47. The van der Waals surface area contributed by atoms with Crippen molar-refractivity contribution < 1.29 is 4.39 Å². The SMILES string of the molecule is FC1C2CC3CC(C2)C(Cl)C1C3. The summed E-state index contributed by atoms with van der Waals surface area (Å²) >= 11 is 6.23. The lowest BCUT2D eigenvalue weighted by atomic mass is 9.55. The van der Waals surface area contributed by atoms with Gasteiger partial charge in [0.05, 0.1) is 0 Å². The third kappa shape index (κ3) is 0.837. The monoisotopic (exact) mass is 188 g/mol.